The van der Waals surface area contributed by atoms with Gasteiger partial charge in [0.05, 0.1) is 5.75 Å². The van der Waals surface area contributed by atoms with Gasteiger partial charge < -0.3 is 0 Å². The fraction of sp³-hybridized carbons (Fsp3) is 0.800. The molecule has 0 aliphatic carbocycles. The molecule has 0 bridgehead atoms. The van der Waals surface area contributed by atoms with Crippen LogP contribution in [0.4, 0.5) is 0 Å². The number of hydrogen-bond acceptors (Lipinski definition) is 5. The molecule has 1 unspecified atom stereocenters. The van der Waals surface area contributed by atoms with Gasteiger partial charge in [-0.2, -0.15) is 4.37 Å². The number of halogens is 1. The molecule has 4 nitrogen and oxygen atoms in total. The molecule has 0 amide bonds. The van der Waals surface area contributed by atoms with Crippen LogP contribution in [0.15, 0.2) is 4.34 Å². The third-order valence-electron chi connectivity index (χ3n) is 2.11. The summed E-state index contributed by atoms with van der Waals surface area (Å²) < 4.78 is 28.2. The van der Waals surface area contributed by atoms with Gasteiger partial charge in [0, 0.05) is 11.3 Å². The molecular formula is C10H17ClN2O2S2. The van der Waals surface area contributed by atoms with Crippen LogP contribution in [0.25, 0.3) is 0 Å². The highest BCUT2D eigenvalue weighted by atomic mass is 35.5. The predicted molar refractivity (Wildman–Crippen MR) is 70.5 cm³/mol. The minimum absolute atomic E-state index is 0.0231. The molecule has 0 spiro atoms. The van der Waals surface area contributed by atoms with Gasteiger partial charge in [-0.05, 0) is 17.5 Å². The fourth-order valence-corrected chi connectivity index (χ4v) is 3.98. The van der Waals surface area contributed by atoms with Crippen molar-refractivity contribution < 1.29 is 8.42 Å². The van der Waals surface area contributed by atoms with Gasteiger partial charge in [-0.15, -0.1) is 11.6 Å². The van der Waals surface area contributed by atoms with Crippen molar-refractivity contribution in [3.05, 3.63) is 5.82 Å². The standard InChI is InChI=1S/C10H17ClN2O2S2/c1-7(5-11)6-17(14,15)9-12-8(13-16-9)10(2,3)4/h7H,5-6H2,1-4H3. The second kappa shape index (κ2) is 5.20. The molecule has 7 heteroatoms. The summed E-state index contributed by atoms with van der Waals surface area (Å²) in [5.41, 5.74) is -0.234. The number of nitrogens with zero attached hydrogens (tertiary/aromatic N) is 2. The van der Waals surface area contributed by atoms with Gasteiger partial charge in [-0.25, -0.2) is 13.4 Å². The highest BCUT2D eigenvalue weighted by molar-refractivity contribution is 7.93. The van der Waals surface area contributed by atoms with Crippen molar-refractivity contribution in [1.82, 2.24) is 9.36 Å². The molecule has 0 radical (unpaired) electrons. The first-order valence-electron chi connectivity index (χ1n) is 5.29. The molecule has 17 heavy (non-hydrogen) atoms. The molecule has 98 valence electrons. The first kappa shape index (κ1) is 14.9. The van der Waals surface area contributed by atoms with E-state index >= 15 is 0 Å². The summed E-state index contributed by atoms with van der Waals surface area (Å²) in [4.78, 5) is 4.12. The number of alkyl halides is 1. The van der Waals surface area contributed by atoms with Gasteiger partial charge in [0.25, 0.3) is 0 Å². The van der Waals surface area contributed by atoms with E-state index in [0.717, 1.165) is 11.5 Å². The van der Waals surface area contributed by atoms with E-state index in [0.29, 0.717) is 11.7 Å². The number of hydrogen-bond donors (Lipinski definition) is 0. The van der Waals surface area contributed by atoms with Crippen LogP contribution in [0.1, 0.15) is 33.5 Å². The number of rotatable bonds is 4. The lowest BCUT2D eigenvalue weighted by Crippen LogP contribution is -2.17. The Morgan fingerprint density at radius 3 is 2.41 bits per heavy atom. The van der Waals surface area contributed by atoms with Crippen LogP contribution in [-0.4, -0.2) is 29.4 Å². The van der Waals surface area contributed by atoms with Gasteiger partial charge in [0.2, 0.25) is 14.2 Å². The first-order chi connectivity index (χ1) is 7.66. The summed E-state index contributed by atoms with van der Waals surface area (Å²) in [6.07, 6.45) is 0. The lowest BCUT2D eigenvalue weighted by atomic mass is 9.96. The molecule has 0 aliphatic heterocycles. The van der Waals surface area contributed by atoms with Crippen molar-refractivity contribution in [3.8, 4) is 0 Å². The largest absolute Gasteiger partial charge is 0.228 e. The molecule has 0 saturated carbocycles. The van der Waals surface area contributed by atoms with Crippen LogP contribution < -0.4 is 0 Å². The van der Waals surface area contributed by atoms with Crippen LogP contribution in [0.2, 0.25) is 0 Å². The summed E-state index contributed by atoms with van der Waals surface area (Å²) in [5.74, 6) is 0.836. The summed E-state index contributed by atoms with van der Waals surface area (Å²) in [7, 11) is -3.35. The SMILES string of the molecule is CC(CCl)CS(=O)(=O)c1nc(C(C)(C)C)ns1. The molecule has 1 aromatic heterocycles. The van der Waals surface area contributed by atoms with Crippen molar-refractivity contribution in [3.63, 3.8) is 0 Å². The third kappa shape index (κ3) is 3.89. The van der Waals surface area contributed by atoms with E-state index in [1.54, 1.807) is 6.92 Å². The van der Waals surface area contributed by atoms with Crippen molar-refractivity contribution in [2.24, 2.45) is 5.92 Å². The van der Waals surface area contributed by atoms with E-state index < -0.39 is 9.84 Å². The van der Waals surface area contributed by atoms with Gasteiger partial charge >= 0.3 is 0 Å². The summed E-state index contributed by atoms with van der Waals surface area (Å²) in [6.45, 7) is 7.66. The molecule has 1 rings (SSSR count). The Kier molecular flexibility index (Phi) is 4.54. The topological polar surface area (TPSA) is 59.9 Å². The average molecular weight is 297 g/mol. The van der Waals surface area contributed by atoms with Crippen LogP contribution in [0, 0.1) is 5.92 Å². The van der Waals surface area contributed by atoms with Gasteiger partial charge in [0.15, 0.2) is 0 Å². The quantitative estimate of drug-likeness (QED) is 0.801. The molecule has 0 aliphatic rings. The number of sulfone groups is 1. The Labute approximate surface area is 112 Å². The zero-order valence-corrected chi connectivity index (χ0v) is 12.8. The lowest BCUT2D eigenvalue weighted by molar-refractivity contribution is 0.547. The fourth-order valence-electron chi connectivity index (χ4n) is 1.13. The zero-order chi connectivity index (χ0) is 13.3. The first-order valence-corrected chi connectivity index (χ1v) is 8.25. The Morgan fingerprint density at radius 1 is 1.41 bits per heavy atom. The maximum absolute atomic E-state index is 12.0. The van der Waals surface area contributed by atoms with Crippen LogP contribution >= 0.6 is 23.1 Å². The molecule has 0 aromatic carbocycles. The van der Waals surface area contributed by atoms with Gasteiger partial charge in [0.1, 0.15) is 5.82 Å². The number of aromatic nitrogens is 2. The highest BCUT2D eigenvalue weighted by Crippen LogP contribution is 2.24. The molecule has 0 N–H and O–H groups in total. The molecule has 0 fully saturated rings. The second-order valence-electron chi connectivity index (χ2n) is 5.17. The van der Waals surface area contributed by atoms with E-state index in [-0.39, 0.29) is 21.4 Å². The van der Waals surface area contributed by atoms with Crippen LogP contribution in [0.5, 0.6) is 0 Å². The molecule has 0 saturated heterocycles. The maximum atomic E-state index is 12.0. The minimum Gasteiger partial charge on any atom is -0.221 e. The normalized spacial score (nSPS) is 14.9. The highest BCUT2D eigenvalue weighted by Gasteiger charge is 2.26. The van der Waals surface area contributed by atoms with Gasteiger partial charge in [-0.3, -0.25) is 0 Å². The van der Waals surface area contributed by atoms with Crippen LogP contribution in [-0.2, 0) is 15.3 Å². The zero-order valence-electron chi connectivity index (χ0n) is 10.4. The Hall–Kier alpha value is -0.200. The third-order valence-corrected chi connectivity index (χ3v) is 5.77. The van der Waals surface area contributed by atoms with E-state index in [1.165, 1.54) is 0 Å². The lowest BCUT2D eigenvalue weighted by Gasteiger charge is -2.12. The molecular weight excluding hydrogens is 280 g/mol. The Bertz CT molecular complexity index is 477. The van der Waals surface area contributed by atoms with Crippen molar-refractivity contribution >= 4 is 33.0 Å². The van der Waals surface area contributed by atoms with Crippen molar-refractivity contribution in [2.75, 3.05) is 11.6 Å². The van der Waals surface area contributed by atoms with E-state index in [2.05, 4.69) is 9.36 Å². The van der Waals surface area contributed by atoms with Crippen molar-refractivity contribution in [1.29, 1.82) is 0 Å². The minimum atomic E-state index is -3.35. The van der Waals surface area contributed by atoms with E-state index in [9.17, 15) is 8.42 Å². The summed E-state index contributed by atoms with van der Waals surface area (Å²) >= 11 is 6.57. The average Bonchev–Trinajstić information content (AvgIpc) is 2.65. The molecule has 1 atom stereocenters. The maximum Gasteiger partial charge on any atom is 0.228 e. The molecule has 1 heterocycles. The molecule has 1 aromatic rings. The van der Waals surface area contributed by atoms with Crippen molar-refractivity contribution in [2.45, 2.75) is 37.4 Å². The van der Waals surface area contributed by atoms with E-state index in [4.69, 9.17) is 11.6 Å². The summed E-state index contributed by atoms with van der Waals surface area (Å²) in [6, 6.07) is 0. The monoisotopic (exact) mass is 296 g/mol. The smallest absolute Gasteiger partial charge is 0.221 e. The predicted octanol–water partition coefficient (Wildman–Crippen LogP) is 2.48. The Balaban J connectivity index is 2.97. The summed E-state index contributed by atoms with van der Waals surface area (Å²) in [5, 5.41) is 0. The van der Waals surface area contributed by atoms with E-state index in [1.807, 2.05) is 20.8 Å². The van der Waals surface area contributed by atoms with Gasteiger partial charge in [-0.1, -0.05) is 27.7 Å². The second-order valence-corrected chi connectivity index (χ2v) is 8.44. The Morgan fingerprint density at radius 2 is 2.00 bits per heavy atom. The van der Waals surface area contributed by atoms with Crippen LogP contribution in [0.3, 0.4) is 0 Å².